The van der Waals surface area contributed by atoms with Crippen molar-refractivity contribution in [2.24, 2.45) is 4.99 Å². The van der Waals surface area contributed by atoms with Crippen LogP contribution in [0.4, 0.5) is 0 Å². The van der Waals surface area contributed by atoms with E-state index in [1.807, 2.05) is 38.2 Å². The number of nitrogens with zero attached hydrogens (tertiary/aromatic N) is 1. The number of hydrogen-bond acceptors (Lipinski definition) is 2. The summed E-state index contributed by atoms with van der Waals surface area (Å²) >= 11 is 6.10. The van der Waals surface area contributed by atoms with Crippen LogP contribution in [0.25, 0.3) is 10.9 Å². The van der Waals surface area contributed by atoms with Crippen LogP contribution in [0.5, 0.6) is 0 Å². The van der Waals surface area contributed by atoms with Gasteiger partial charge in [-0.3, -0.25) is 4.99 Å². The molecular formula is C18H27ClN4O. The lowest BCUT2D eigenvalue weighted by Crippen LogP contribution is -2.40. The quantitative estimate of drug-likeness (QED) is 0.530. The summed E-state index contributed by atoms with van der Waals surface area (Å²) in [6, 6.07) is 5.91. The molecule has 2 rings (SSSR count). The molecule has 0 fully saturated rings. The maximum Gasteiger partial charge on any atom is 0.191 e. The van der Waals surface area contributed by atoms with E-state index >= 15 is 0 Å². The van der Waals surface area contributed by atoms with E-state index in [2.05, 4.69) is 27.5 Å². The van der Waals surface area contributed by atoms with Crippen LogP contribution in [0.2, 0.25) is 5.02 Å². The summed E-state index contributed by atoms with van der Waals surface area (Å²) in [6.45, 7) is 8.31. The standard InChI is InChI=1S/C18H27ClN4O/c1-5-20-17(23-12-18(2,3)24-4)21-9-8-13-11-22-16-7-6-14(19)10-15(13)16/h6-7,10-11,22H,5,8-9,12H2,1-4H3,(H2,20,21,23). The second kappa shape index (κ2) is 8.40. The van der Waals surface area contributed by atoms with E-state index in [0.29, 0.717) is 6.54 Å². The highest BCUT2D eigenvalue weighted by Gasteiger charge is 2.15. The van der Waals surface area contributed by atoms with Crippen LogP contribution in [-0.2, 0) is 11.2 Å². The van der Waals surface area contributed by atoms with Gasteiger partial charge < -0.3 is 20.4 Å². The molecule has 0 saturated heterocycles. The van der Waals surface area contributed by atoms with E-state index in [-0.39, 0.29) is 5.60 Å². The lowest BCUT2D eigenvalue weighted by atomic mass is 10.1. The van der Waals surface area contributed by atoms with Crippen molar-refractivity contribution in [1.82, 2.24) is 15.6 Å². The number of fused-ring (bicyclic) bond motifs is 1. The summed E-state index contributed by atoms with van der Waals surface area (Å²) < 4.78 is 5.41. The van der Waals surface area contributed by atoms with E-state index in [1.54, 1.807) is 7.11 Å². The number of halogens is 1. The lowest BCUT2D eigenvalue weighted by Gasteiger charge is -2.21. The smallest absolute Gasteiger partial charge is 0.191 e. The zero-order valence-corrected chi connectivity index (χ0v) is 15.6. The van der Waals surface area contributed by atoms with Gasteiger partial charge in [0, 0.05) is 42.3 Å². The van der Waals surface area contributed by atoms with Crippen molar-refractivity contribution in [3.63, 3.8) is 0 Å². The summed E-state index contributed by atoms with van der Waals surface area (Å²) in [6.07, 6.45) is 2.93. The monoisotopic (exact) mass is 350 g/mol. The van der Waals surface area contributed by atoms with E-state index in [9.17, 15) is 0 Å². The Labute approximate surface area is 148 Å². The fourth-order valence-corrected chi connectivity index (χ4v) is 2.52. The molecule has 0 spiro atoms. The van der Waals surface area contributed by atoms with Crippen LogP contribution in [0.15, 0.2) is 29.4 Å². The molecule has 0 aliphatic heterocycles. The fourth-order valence-electron chi connectivity index (χ4n) is 2.35. The van der Waals surface area contributed by atoms with Crippen molar-refractivity contribution in [3.05, 3.63) is 35.0 Å². The first kappa shape index (κ1) is 18.6. The average Bonchev–Trinajstić information content (AvgIpc) is 2.95. The van der Waals surface area contributed by atoms with Crippen LogP contribution in [0, 0.1) is 0 Å². The third kappa shape index (κ3) is 5.14. The number of ether oxygens (including phenoxy) is 1. The van der Waals surface area contributed by atoms with Crippen molar-refractivity contribution >= 4 is 28.5 Å². The third-order valence-electron chi connectivity index (χ3n) is 3.93. The van der Waals surface area contributed by atoms with Crippen molar-refractivity contribution in [2.75, 3.05) is 26.7 Å². The Morgan fingerprint density at radius 3 is 2.83 bits per heavy atom. The minimum atomic E-state index is -0.268. The Morgan fingerprint density at radius 1 is 1.33 bits per heavy atom. The minimum Gasteiger partial charge on any atom is -0.377 e. The summed E-state index contributed by atoms with van der Waals surface area (Å²) in [4.78, 5) is 7.87. The molecule has 0 amide bonds. The van der Waals surface area contributed by atoms with Gasteiger partial charge in [-0.25, -0.2) is 0 Å². The molecule has 2 aromatic rings. The van der Waals surface area contributed by atoms with Gasteiger partial charge in [0.15, 0.2) is 5.96 Å². The number of hydrogen-bond donors (Lipinski definition) is 3. The normalized spacial score (nSPS) is 12.6. The Hall–Kier alpha value is -1.72. The van der Waals surface area contributed by atoms with Crippen LogP contribution in [0.3, 0.4) is 0 Å². The predicted octanol–water partition coefficient (Wildman–Crippen LogP) is 3.34. The zero-order valence-electron chi connectivity index (χ0n) is 14.9. The third-order valence-corrected chi connectivity index (χ3v) is 4.17. The Bertz CT molecular complexity index is 693. The van der Waals surface area contributed by atoms with Gasteiger partial charge in [-0.2, -0.15) is 0 Å². The van der Waals surface area contributed by atoms with E-state index in [4.69, 9.17) is 16.3 Å². The molecule has 0 radical (unpaired) electrons. The molecule has 0 unspecified atom stereocenters. The molecule has 0 saturated carbocycles. The second-order valence-electron chi connectivity index (χ2n) is 6.34. The molecule has 0 aliphatic rings. The largest absolute Gasteiger partial charge is 0.377 e. The van der Waals surface area contributed by atoms with Gasteiger partial charge in [0.1, 0.15) is 0 Å². The van der Waals surface area contributed by atoms with Crippen LogP contribution >= 0.6 is 11.6 Å². The fraction of sp³-hybridized carbons (Fsp3) is 0.500. The molecule has 6 heteroatoms. The van der Waals surface area contributed by atoms with Crippen molar-refractivity contribution in [3.8, 4) is 0 Å². The van der Waals surface area contributed by atoms with Gasteiger partial charge in [-0.1, -0.05) is 11.6 Å². The minimum absolute atomic E-state index is 0.268. The molecule has 1 heterocycles. The molecule has 5 nitrogen and oxygen atoms in total. The van der Waals surface area contributed by atoms with Gasteiger partial charge in [0.2, 0.25) is 0 Å². The van der Waals surface area contributed by atoms with Crippen LogP contribution in [-0.4, -0.2) is 43.3 Å². The number of methoxy groups -OCH3 is 1. The summed E-state index contributed by atoms with van der Waals surface area (Å²) in [5.41, 5.74) is 2.08. The number of nitrogens with one attached hydrogen (secondary N) is 3. The molecule has 132 valence electrons. The first-order valence-corrected chi connectivity index (χ1v) is 8.66. The number of aromatic amines is 1. The predicted molar refractivity (Wildman–Crippen MR) is 102 cm³/mol. The van der Waals surface area contributed by atoms with Crippen molar-refractivity contribution < 1.29 is 4.74 Å². The number of aliphatic imine (C=N–C) groups is 1. The lowest BCUT2D eigenvalue weighted by molar-refractivity contribution is 0.0310. The van der Waals surface area contributed by atoms with E-state index < -0.39 is 0 Å². The molecule has 1 aromatic heterocycles. The van der Waals surface area contributed by atoms with Gasteiger partial charge in [0.25, 0.3) is 0 Å². The first-order chi connectivity index (χ1) is 11.4. The molecule has 1 aromatic carbocycles. The average molecular weight is 351 g/mol. The van der Waals surface area contributed by atoms with Gasteiger partial charge in [-0.15, -0.1) is 0 Å². The SMILES string of the molecule is CCNC(=NCC(C)(C)OC)NCCc1c[nH]c2ccc(Cl)cc12. The summed E-state index contributed by atoms with van der Waals surface area (Å²) in [5.74, 6) is 0.806. The molecule has 3 N–H and O–H groups in total. The zero-order chi connectivity index (χ0) is 17.6. The number of guanidine groups is 1. The maximum atomic E-state index is 6.10. The van der Waals surface area contributed by atoms with Gasteiger partial charge >= 0.3 is 0 Å². The highest BCUT2D eigenvalue weighted by molar-refractivity contribution is 6.31. The van der Waals surface area contributed by atoms with Crippen molar-refractivity contribution in [1.29, 1.82) is 0 Å². The summed E-state index contributed by atoms with van der Waals surface area (Å²) in [5, 5.41) is 8.56. The topological polar surface area (TPSA) is 61.4 Å². The molecular weight excluding hydrogens is 324 g/mol. The van der Waals surface area contributed by atoms with Crippen LogP contribution in [0.1, 0.15) is 26.3 Å². The summed E-state index contributed by atoms with van der Waals surface area (Å²) in [7, 11) is 1.71. The highest BCUT2D eigenvalue weighted by atomic mass is 35.5. The molecule has 0 aliphatic carbocycles. The Balaban J connectivity index is 1.96. The number of H-pyrrole nitrogens is 1. The molecule has 0 bridgehead atoms. The Morgan fingerprint density at radius 2 is 2.12 bits per heavy atom. The first-order valence-electron chi connectivity index (χ1n) is 8.28. The second-order valence-corrected chi connectivity index (χ2v) is 6.78. The number of benzene rings is 1. The molecule has 0 atom stereocenters. The van der Waals surface area contributed by atoms with Crippen molar-refractivity contribution in [2.45, 2.75) is 32.8 Å². The highest BCUT2D eigenvalue weighted by Crippen LogP contribution is 2.22. The molecule has 24 heavy (non-hydrogen) atoms. The van der Waals surface area contributed by atoms with Gasteiger partial charge in [0.05, 0.1) is 12.1 Å². The number of aromatic nitrogens is 1. The van der Waals surface area contributed by atoms with Crippen LogP contribution < -0.4 is 10.6 Å². The number of rotatable bonds is 7. The van der Waals surface area contributed by atoms with E-state index in [0.717, 1.165) is 36.0 Å². The maximum absolute atomic E-state index is 6.10. The van der Waals surface area contributed by atoms with E-state index in [1.165, 1.54) is 10.9 Å². The Kier molecular flexibility index (Phi) is 6.52. The van der Waals surface area contributed by atoms with Gasteiger partial charge in [-0.05, 0) is 51.0 Å².